The van der Waals surface area contributed by atoms with E-state index >= 15 is 0 Å². The molecular formula is C7H11BrO2. The summed E-state index contributed by atoms with van der Waals surface area (Å²) in [6.45, 7) is 1.06. The highest BCUT2D eigenvalue weighted by molar-refractivity contribution is 9.10. The lowest BCUT2D eigenvalue weighted by atomic mass is 9.83. The fourth-order valence-corrected chi connectivity index (χ4v) is 1.82. The van der Waals surface area contributed by atoms with E-state index in [9.17, 15) is 4.79 Å². The van der Waals surface area contributed by atoms with Gasteiger partial charge in [-0.05, 0) is 19.3 Å². The van der Waals surface area contributed by atoms with Crippen molar-refractivity contribution in [2.45, 2.75) is 30.0 Å². The molecule has 1 rings (SSSR count). The highest BCUT2D eigenvalue weighted by Gasteiger charge is 2.33. The standard InChI is InChI=1S/C7H11BrO2/c8-7(2-1-3-7)4-5-10-6-9/h6H,1-5H2. The molecule has 1 aliphatic carbocycles. The normalized spacial score (nSPS) is 21.3. The number of carbonyl (C=O) groups excluding carboxylic acids is 1. The Hall–Kier alpha value is -0.0500. The van der Waals surface area contributed by atoms with Gasteiger partial charge >= 0.3 is 0 Å². The predicted octanol–water partition coefficient (Wildman–Crippen LogP) is 1.87. The lowest BCUT2D eigenvalue weighted by Crippen LogP contribution is -2.30. The zero-order chi connectivity index (χ0) is 7.45. The summed E-state index contributed by atoms with van der Waals surface area (Å²) < 4.78 is 4.90. The molecule has 0 spiro atoms. The van der Waals surface area contributed by atoms with Crippen LogP contribution < -0.4 is 0 Å². The second-order valence-electron chi connectivity index (χ2n) is 2.72. The Balaban J connectivity index is 2.06. The van der Waals surface area contributed by atoms with E-state index in [2.05, 4.69) is 20.7 Å². The summed E-state index contributed by atoms with van der Waals surface area (Å²) in [5, 5.41) is 0. The van der Waals surface area contributed by atoms with Gasteiger partial charge < -0.3 is 4.74 Å². The Kier molecular flexibility index (Phi) is 2.72. The van der Waals surface area contributed by atoms with E-state index in [1.54, 1.807) is 0 Å². The molecule has 2 nitrogen and oxygen atoms in total. The van der Waals surface area contributed by atoms with Crippen LogP contribution in [0.4, 0.5) is 0 Å². The van der Waals surface area contributed by atoms with E-state index in [-0.39, 0.29) is 0 Å². The molecule has 0 radical (unpaired) electrons. The maximum absolute atomic E-state index is 9.76. The summed E-state index contributed by atoms with van der Waals surface area (Å²) in [5.74, 6) is 0. The van der Waals surface area contributed by atoms with Crippen LogP contribution in [0.15, 0.2) is 0 Å². The summed E-state index contributed by atoms with van der Waals surface area (Å²) in [6.07, 6.45) is 4.68. The van der Waals surface area contributed by atoms with Crippen molar-refractivity contribution in [2.24, 2.45) is 0 Å². The fraction of sp³-hybridized carbons (Fsp3) is 0.857. The van der Waals surface area contributed by atoms with Crippen molar-refractivity contribution in [3.8, 4) is 0 Å². The second kappa shape index (κ2) is 3.37. The molecule has 0 aliphatic heterocycles. The first-order valence-electron chi connectivity index (χ1n) is 3.51. The van der Waals surface area contributed by atoms with Crippen LogP contribution >= 0.6 is 15.9 Å². The minimum absolute atomic E-state index is 0.302. The quantitative estimate of drug-likeness (QED) is 0.399. The van der Waals surface area contributed by atoms with Crippen LogP contribution in [0.3, 0.4) is 0 Å². The zero-order valence-electron chi connectivity index (χ0n) is 5.81. The van der Waals surface area contributed by atoms with Crippen molar-refractivity contribution in [3.63, 3.8) is 0 Å². The van der Waals surface area contributed by atoms with Crippen LogP contribution in [0.25, 0.3) is 0 Å². The molecular weight excluding hydrogens is 196 g/mol. The van der Waals surface area contributed by atoms with Gasteiger partial charge in [-0.15, -0.1) is 0 Å². The Bertz CT molecular complexity index is 121. The third-order valence-corrected chi connectivity index (χ3v) is 3.18. The molecule has 0 aromatic rings. The molecule has 58 valence electrons. The number of alkyl halides is 1. The summed E-state index contributed by atoms with van der Waals surface area (Å²) in [7, 11) is 0. The first-order valence-corrected chi connectivity index (χ1v) is 4.30. The molecule has 0 N–H and O–H groups in total. The van der Waals surface area contributed by atoms with Gasteiger partial charge in [-0.2, -0.15) is 0 Å². The average molecular weight is 207 g/mol. The van der Waals surface area contributed by atoms with Crippen molar-refractivity contribution in [2.75, 3.05) is 6.61 Å². The topological polar surface area (TPSA) is 26.3 Å². The van der Waals surface area contributed by atoms with Gasteiger partial charge in [0.2, 0.25) is 0 Å². The average Bonchev–Trinajstić information content (AvgIpc) is 1.85. The van der Waals surface area contributed by atoms with Crippen molar-refractivity contribution in [1.29, 1.82) is 0 Å². The molecule has 0 bridgehead atoms. The Morgan fingerprint density at radius 2 is 2.30 bits per heavy atom. The molecule has 0 amide bonds. The van der Waals surface area contributed by atoms with Crippen molar-refractivity contribution in [1.82, 2.24) is 0 Å². The lowest BCUT2D eigenvalue weighted by Gasteiger charge is -2.35. The van der Waals surface area contributed by atoms with Crippen LogP contribution in [-0.4, -0.2) is 17.4 Å². The van der Waals surface area contributed by atoms with Crippen molar-refractivity contribution < 1.29 is 9.53 Å². The fourth-order valence-electron chi connectivity index (χ4n) is 1.10. The molecule has 1 aliphatic rings. The summed E-state index contributed by atoms with van der Waals surface area (Å²) in [4.78, 5) is 9.76. The minimum Gasteiger partial charge on any atom is -0.468 e. The smallest absolute Gasteiger partial charge is 0.293 e. The van der Waals surface area contributed by atoms with E-state index in [1.807, 2.05) is 0 Å². The number of carbonyl (C=O) groups is 1. The molecule has 3 heteroatoms. The molecule has 10 heavy (non-hydrogen) atoms. The maximum atomic E-state index is 9.76. The van der Waals surface area contributed by atoms with E-state index < -0.39 is 0 Å². The van der Waals surface area contributed by atoms with Gasteiger partial charge in [0.1, 0.15) is 0 Å². The van der Waals surface area contributed by atoms with Crippen molar-refractivity contribution >= 4 is 22.4 Å². The summed E-state index contributed by atoms with van der Waals surface area (Å²) in [5.41, 5.74) is 0. The van der Waals surface area contributed by atoms with Crippen molar-refractivity contribution in [3.05, 3.63) is 0 Å². The highest BCUT2D eigenvalue weighted by Crippen LogP contribution is 2.42. The van der Waals surface area contributed by atoms with Gasteiger partial charge in [0.05, 0.1) is 6.61 Å². The van der Waals surface area contributed by atoms with Crippen LogP contribution in [0.2, 0.25) is 0 Å². The molecule has 0 saturated heterocycles. The SMILES string of the molecule is O=COCCC1(Br)CCC1. The van der Waals surface area contributed by atoms with Crippen LogP contribution in [0.5, 0.6) is 0 Å². The minimum atomic E-state index is 0.302. The Morgan fingerprint density at radius 3 is 2.70 bits per heavy atom. The van der Waals surface area contributed by atoms with Gasteiger partial charge in [-0.25, -0.2) is 0 Å². The number of ether oxygens (including phenoxy) is 1. The summed E-state index contributed by atoms with van der Waals surface area (Å²) in [6, 6.07) is 0. The van der Waals surface area contributed by atoms with E-state index in [4.69, 9.17) is 0 Å². The first-order chi connectivity index (χ1) is 4.77. The third kappa shape index (κ3) is 1.97. The van der Waals surface area contributed by atoms with E-state index in [0.29, 0.717) is 17.4 Å². The van der Waals surface area contributed by atoms with Gasteiger partial charge in [-0.3, -0.25) is 4.79 Å². The summed E-state index contributed by atoms with van der Waals surface area (Å²) >= 11 is 3.60. The van der Waals surface area contributed by atoms with Gasteiger partial charge in [-0.1, -0.05) is 22.4 Å². The van der Waals surface area contributed by atoms with Gasteiger partial charge in [0, 0.05) is 4.32 Å². The monoisotopic (exact) mass is 206 g/mol. The van der Waals surface area contributed by atoms with Crippen LogP contribution in [0.1, 0.15) is 25.7 Å². The molecule has 0 unspecified atom stereocenters. The van der Waals surface area contributed by atoms with Crippen LogP contribution in [-0.2, 0) is 9.53 Å². The molecule has 1 saturated carbocycles. The molecule has 0 atom stereocenters. The van der Waals surface area contributed by atoms with E-state index in [1.165, 1.54) is 19.3 Å². The number of halogens is 1. The maximum Gasteiger partial charge on any atom is 0.293 e. The Labute approximate surface area is 69.1 Å². The van der Waals surface area contributed by atoms with Crippen LogP contribution in [0, 0.1) is 0 Å². The Morgan fingerprint density at radius 1 is 1.60 bits per heavy atom. The molecule has 0 aromatic heterocycles. The highest BCUT2D eigenvalue weighted by atomic mass is 79.9. The third-order valence-electron chi connectivity index (χ3n) is 1.99. The van der Waals surface area contributed by atoms with Gasteiger partial charge in [0.25, 0.3) is 6.47 Å². The largest absolute Gasteiger partial charge is 0.468 e. The van der Waals surface area contributed by atoms with E-state index in [0.717, 1.165) is 6.42 Å². The predicted molar refractivity (Wildman–Crippen MR) is 42.1 cm³/mol. The van der Waals surface area contributed by atoms with Gasteiger partial charge in [0.15, 0.2) is 0 Å². The number of hydrogen-bond donors (Lipinski definition) is 0. The zero-order valence-corrected chi connectivity index (χ0v) is 7.39. The lowest BCUT2D eigenvalue weighted by molar-refractivity contribution is -0.129. The number of rotatable bonds is 4. The molecule has 0 aromatic carbocycles. The number of hydrogen-bond acceptors (Lipinski definition) is 2. The second-order valence-corrected chi connectivity index (χ2v) is 4.40. The first kappa shape index (κ1) is 8.05. The molecule has 1 fully saturated rings. The molecule has 0 heterocycles.